The zero-order chi connectivity index (χ0) is 15.0. The molecule has 1 amide bonds. The highest BCUT2D eigenvalue weighted by Gasteiger charge is 2.23. The molecule has 0 aromatic heterocycles. The Balaban J connectivity index is 1.85. The smallest absolute Gasteiger partial charge is 0.254 e. The van der Waals surface area contributed by atoms with E-state index >= 15 is 0 Å². The number of anilines is 1. The Kier molecular flexibility index (Phi) is 3.55. The topological polar surface area (TPSA) is 46.3 Å². The zero-order valence-electron chi connectivity index (χ0n) is 11.3. The van der Waals surface area contributed by atoms with E-state index in [-0.39, 0.29) is 10.9 Å². The van der Waals surface area contributed by atoms with Gasteiger partial charge in [0.1, 0.15) is 5.82 Å². The van der Waals surface area contributed by atoms with Gasteiger partial charge < -0.3 is 10.6 Å². The molecule has 2 aromatic rings. The van der Waals surface area contributed by atoms with Gasteiger partial charge in [0, 0.05) is 24.3 Å². The first-order chi connectivity index (χ1) is 10.1. The fraction of sp³-hybridized carbons (Fsp3) is 0.188. The van der Waals surface area contributed by atoms with Gasteiger partial charge in [-0.15, -0.1) is 0 Å². The molecule has 108 valence electrons. The van der Waals surface area contributed by atoms with Gasteiger partial charge in [-0.25, -0.2) is 4.39 Å². The fourth-order valence-corrected chi connectivity index (χ4v) is 2.74. The number of fused-ring (bicyclic) bond motifs is 1. The molecular formula is C16H14ClFN2O. The lowest BCUT2D eigenvalue weighted by molar-refractivity contribution is 0.0734. The molecule has 0 atom stereocenters. The van der Waals surface area contributed by atoms with Crippen LogP contribution in [0.5, 0.6) is 0 Å². The molecule has 5 heteroatoms. The lowest BCUT2D eigenvalue weighted by Crippen LogP contribution is -2.36. The van der Waals surface area contributed by atoms with Crippen LogP contribution >= 0.6 is 11.6 Å². The van der Waals surface area contributed by atoms with Gasteiger partial charge in [0.15, 0.2) is 0 Å². The molecule has 3 rings (SSSR count). The lowest BCUT2D eigenvalue weighted by Gasteiger charge is -2.29. The summed E-state index contributed by atoms with van der Waals surface area (Å²) in [7, 11) is 0. The monoisotopic (exact) mass is 304 g/mol. The van der Waals surface area contributed by atoms with Crippen molar-refractivity contribution in [1.82, 2.24) is 4.90 Å². The van der Waals surface area contributed by atoms with Gasteiger partial charge >= 0.3 is 0 Å². The van der Waals surface area contributed by atoms with Gasteiger partial charge in [-0.2, -0.15) is 0 Å². The van der Waals surface area contributed by atoms with Crippen molar-refractivity contribution in [3.63, 3.8) is 0 Å². The van der Waals surface area contributed by atoms with Crippen LogP contribution in [-0.4, -0.2) is 17.4 Å². The van der Waals surface area contributed by atoms with E-state index < -0.39 is 5.82 Å². The molecule has 1 aliphatic heterocycles. The number of halogens is 2. The number of nitrogens with zero attached hydrogens (tertiary/aromatic N) is 1. The van der Waals surface area contributed by atoms with Crippen LogP contribution in [0.2, 0.25) is 5.02 Å². The van der Waals surface area contributed by atoms with Crippen molar-refractivity contribution >= 4 is 23.2 Å². The predicted molar refractivity (Wildman–Crippen MR) is 80.7 cm³/mol. The molecule has 0 aliphatic carbocycles. The highest BCUT2D eigenvalue weighted by molar-refractivity contribution is 6.30. The summed E-state index contributed by atoms with van der Waals surface area (Å²) in [6, 6.07) is 9.84. The summed E-state index contributed by atoms with van der Waals surface area (Å²) in [6.07, 6.45) is 0.712. The summed E-state index contributed by atoms with van der Waals surface area (Å²) in [5.41, 5.74) is 9.16. The van der Waals surface area contributed by atoms with Gasteiger partial charge in [-0.05, 0) is 41.8 Å². The van der Waals surface area contributed by atoms with E-state index in [1.165, 1.54) is 12.1 Å². The van der Waals surface area contributed by atoms with Crippen LogP contribution in [0.4, 0.5) is 10.1 Å². The summed E-state index contributed by atoms with van der Waals surface area (Å²) >= 11 is 5.64. The van der Waals surface area contributed by atoms with Crippen molar-refractivity contribution in [2.24, 2.45) is 0 Å². The maximum absolute atomic E-state index is 13.5. The molecule has 0 fully saturated rings. The maximum Gasteiger partial charge on any atom is 0.254 e. The third-order valence-corrected chi connectivity index (χ3v) is 4.06. The number of carbonyl (C=O) groups is 1. The van der Waals surface area contributed by atoms with Crippen LogP contribution < -0.4 is 5.73 Å². The zero-order valence-corrected chi connectivity index (χ0v) is 12.0. The summed E-state index contributed by atoms with van der Waals surface area (Å²) in [5.74, 6) is -0.775. The van der Waals surface area contributed by atoms with Crippen molar-refractivity contribution in [2.75, 3.05) is 12.3 Å². The Bertz CT molecular complexity index is 717. The second-order valence-corrected chi connectivity index (χ2v) is 5.50. The van der Waals surface area contributed by atoms with Crippen LogP contribution in [0.25, 0.3) is 0 Å². The third-order valence-electron chi connectivity index (χ3n) is 3.76. The van der Waals surface area contributed by atoms with Gasteiger partial charge in [0.2, 0.25) is 0 Å². The Labute approximate surface area is 127 Å². The molecule has 1 heterocycles. The molecule has 0 saturated heterocycles. The van der Waals surface area contributed by atoms with Crippen molar-refractivity contribution in [1.29, 1.82) is 0 Å². The maximum atomic E-state index is 13.5. The van der Waals surface area contributed by atoms with Crippen LogP contribution in [0.3, 0.4) is 0 Å². The van der Waals surface area contributed by atoms with Crippen LogP contribution in [-0.2, 0) is 13.0 Å². The largest absolute Gasteiger partial charge is 0.398 e. The van der Waals surface area contributed by atoms with Crippen molar-refractivity contribution in [2.45, 2.75) is 13.0 Å². The van der Waals surface area contributed by atoms with Gasteiger partial charge in [0.05, 0.1) is 5.02 Å². The number of benzene rings is 2. The first-order valence-electron chi connectivity index (χ1n) is 6.67. The van der Waals surface area contributed by atoms with E-state index in [4.69, 9.17) is 17.3 Å². The van der Waals surface area contributed by atoms with E-state index in [1.807, 2.05) is 18.2 Å². The summed E-state index contributed by atoms with van der Waals surface area (Å²) in [6.45, 7) is 1.06. The first kappa shape index (κ1) is 13.9. The highest BCUT2D eigenvalue weighted by atomic mass is 35.5. The lowest BCUT2D eigenvalue weighted by atomic mass is 9.97. The minimum absolute atomic E-state index is 0.0170. The average molecular weight is 305 g/mol. The molecule has 2 aromatic carbocycles. The van der Waals surface area contributed by atoms with E-state index in [9.17, 15) is 9.18 Å². The number of carbonyl (C=O) groups excluding carboxylic acids is 1. The average Bonchev–Trinajstić information content (AvgIpc) is 2.49. The molecule has 21 heavy (non-hydrogen) atoms. The number of nitrogen functional groups attached to an aromatic ring is 1. The number of rotatable bonds is 1. The standard InChI is InChI=1S/C16H14ClFN2O/c17-13-5-4-10(8-14(13)18)16(21)20-7-6-12-11(9-20)2-1-3-15(12)19/h1-5,8H,6-7,9,19H2. The molecule has 3 nitrogen and oxygen atoms in total. The summed E-state index contributed by atoms with van der Waals surface area (Å²) in [5, 5.41) is 0.0170. The Morgan fingerprint density at radius 1 is 1.29 bits per heavy atom. The summed E-state index contributed by atoms with van der Waals surface area (Å²) < 4.78 is 13.5. The van der Waals surface area contributed by atoms with Gasteiger partial charge in [0.25, 0.3) is 5.91 Å². The number of hydrogen-bond acceptors (Lipinski definition) is 2. The van der Waals surface area contributed by atoms with E-state index in [1.54, 1.807) is 11.0 Å². The second-order valence-electron chi connectivity index (χ2n) is 5.09. The summed E-state index contributed by atoms with van der Waals surface area (Å²) in [4.78, 5) is 14.1. The fourth-order valence-electron chi connectivity index (χ4n) is 2.62. The van der Waals surface area contributed by atoms with Crippen LogP contribution in [0, 0.1) is 5.82 Å². The van der Waals surface area contributed by atoms with Crippen molar-refractivity contribution in [3.05, 3.63) is 63.9 Å². The van der Waals surface area contributed by atoms with Crippen molar-refractivity contribution < 1.29 is 9.18 Å². The number of amides is 1. The molecule has 0 bridgehead atoms. The molecular weight excluding hydrogens is 291 g/mol. The molecule has 0 radical (unpaired) electrons. The number of hydrogen-bond donors (Lipinski definition) is 1. The first-order valence-corrected chi connectivity index (χ1v) is 7.04. The second kappa shape index (κ2) is 5.37. The number of nitrogens with two attached hydrogens (primary N) is 1. The quantitative estimate of drug-likeness (QED) is 0.822. The molecule has 0 saturated carbocycles. The van der Waals surface area contributed by atoms with Crippen LogP contribution in [0.1, 0.15) is 21.5 Å². The predicted octanol–water partition coefficient (Wildman–Crippen LogP) is 3.26. The van der Waals surface area contributed by atoms with E-state index in [0.717, 1.165) is 16.8 Å². The SMILES string of the molecule is Nc1cccc2c1CCN(C(=O)c1ccc(Cl)c(F)c1)C2. The molecule has 1 aliphatic rings. The highest BCUT2D eigenvalue weighted by Crippen LogP contribution is 2.25. The van der Waals surface area contributed by atoms with Crippen LogP contribution in [0.15, 0.2) is 36.4 Å². The van der Waals surface area contributed by atoms with E-state index in [2.05, 4.69) is 0 Å². The Morgan fingerprint density at radius 2 is 2.10 bits per heavy atom. The normalized spacial score (nSPS) is 13.9. The molecule has 0 spiro atoms. The van der Waals surface area contributed by atoms with Crippen molar-refractivity contribution in [3.8, 4) is 0 Å². The van der Waals surface area contributed by atoms with E-state index in [0.29, 0.717) is 25.1 Å². The third kappa shape index (κ3) is 2.59. The molecule has 2 N–H and O–H groups in total. The Hall–Kier alpha value is -2.07. The Morgan fingerprint density at radius 3 is 2.86 bits per heavy atom. The minimum Gasteiger partial charge on any atom is -0.398 e. The minimum atomic E-state index is -0.579. The molecule has 0 unspecified atom stereocenters. The van der Waals surface area contributed by atoms with Gasteiger partial charge in [-0.1, -0.05) is 23.7 Å². The van der Waals surface area contributed by atoms with Gasteiger partial charge in [-0.3, -0.25) is 4.79 Å².